The molecule has 1 saturated heterocycles. The van der Waals surface area contributed by atoms with E-state index < -0.39 is 0 Å². The van der Waals surface area contributed by atoms with E-state index in [-0.39, 0.29) is 23.9 Å². The molecular weight excluding hydrogens is 260 g/mol. The molecule has 1 heterocycles. The molecule has 1 fully saturated rings. The van der Waals surface area contributed by atoms with Crippen molar-refractivity contribution in [1.29, 1.82) is 0 Å². The van der Waals surface area contributed by atoms with Crippen molar-refractivity contribution in [3.8, 4) is 0 Å². The van der Waals surface area contributed by atoms with Crippen molar-refractivity contribution in [2.75, 3.05) is 13.1 Å². The van der Waals surface area contributed by atoms with Gasteiger partial charge in [0.1, 0.15) is 0 Å². The SMILES string of the molecule is CCCC(C)(C)NC(=O)CC(C)C1CCCNC1.Cl. The Labute approximate surface area is 124 Å². The van der Waals surface area contributed by atoms with E-state index in [1.807, 2.05) is 0 Å². The lowest BCUT2D eigenvalue weighted by atomic mass is 9.85. The lowest BCUT2D eigenvalue weighted by molar-refractivity contribution is -0.124. The Morgan fingerprint density at radius 2 is 2.16 bits per heavy atom. The molecule has 0 saturated carbocycles. The van der Waals surface area contributed by atoms with E-state index in [4.69, 9.17) is 0 Å². The maximum atomic E-state index is 12.1. The van der Waals surface area contributed by atoms with E-state index in [0.717, 1.165) is 25.9 Å². The van der Waals surface area contributed by atoms with Crippen LogP contribution in [0.5, 0.6) is 0 Å². The Kier molecular flexibility index (Phi) is 8.67. The average molecular weight is 291 g/mol. The molecule has 0 bridgehead atoms. The number of amides is 1. The number of nitrogens with one attached hydrogen (secondary N) is 2. The summed E-state index contributed by atoms with van der Waals surface area (Å²) in [5.74, 6) is 1.36. The number of piperidine rings is 1. The standard InChI is InChI=1S/C15H30N2O.ClH/c1-5-8-15(3,4)17-14(18)10-12(2)13-7-6-9-16-11-13;/h12-13,16H,5-11H2,1-4H3,(H,17,18);1H. The Hall–Kier alpha value is -0.280. The first-order chi connectivity index (χ1) is 8.44. The fourth-order valence-electron chi connectivity index (χ4n) is 2.94. The number of carbonyl (C=O) groups excluding carboxylic acids is 1. The molecule has 4 heteroatoms. The number of hydrogen-bond donors (Lipinski definition) is 2. The number of carbonyl (C=O) groups is 1. The molecule has 114 valence electrons. The summed E-state index contributed by atoms with van der Waals surface area (Å²) in [6.45, 7) is 10.8. The minimum Gasteiger partial charge on any atom is -0.351 e. The highest BCUT2D eigenvalue weighted by Gasteiger charge is 2.24. The van der Waals surface area contributed by atoms with Crippen molar-refractivity contribution >= 4 is 18.3 Å². The fourth-order valence-corrected chi connectivity index (χ4v) is 2.94. The van der Waals surface area contributed by atoms with Crippen molar-refractivity contribution in [3.63, 3.8) is 0 Å². The minimum atomic E-state index is -0.0592. The second kappa shape index (κ2) is 8.80. The first-order valence-electron chi connectivity index (χ1n) is 7.46. The summed E-state index contributed by atoms with van der Waals surface area (Å²) in [6.07, 6.45) is 5.32. The topological polar surface area (TPSA) is 41.1 Å². The van der Waals surface area contributed by atoms with Crippen molar-refractivity contribution in [2.45, 2.75) is 65.3 Å². The molecule has 1 aliphatic heterocycles. The molecule has 1 amide bonds. The predicted octanol–water partition coefficient (Wildman–Crippen LogP) is 3.13. The summed E-state index contributed by atoms with van der Waals surface area (Å²) in [4.78, 5) is 12.1. The molecule has 0 aromatic heterocycles. The molecule has 19 heavy (non-hydrogen) atoms. The van der Waals surface area contributed by atoms with Gasteiger partial charge in [0.15, 0.2) is 0 Å². The van der Waals surface area contributed by atoms with Crippen LogP contribution in [0.3, 0.4) is 0 Å². The van der Waals surface area contributed by atoms with E-state index in [9.17, 15) is 4.79 Å². The fraction of sp³-hybridized carbons (Fsp3) is 0.933. The first-order valence-corrected chi connectivity index (χ1v) is 7.46. The monoisotopic (exact) mass is 290 g/mol. The summed E-state index contributed by atoms with van der Waals surface area (Å²) >= 11 is 0. The van der Waals surface area contributed by atoms with Gasteiger partial charge < -0.3 is 10.6 Å². The number of halogens is 1. The van der Waals surface area contributed by atoms with Crippen molar-refractivity contribution in [1.82, 2.24) is 10.6 Å². The first kappa shape index (κ1) is 18.7. The molecular formula is C15H31ClN2O. The van der Waals surface area contributed by atoms with Crippen LogP contribution < -0.4 is 10.6 Å². The summed E-state index contributed by atoms with van der Waals surface area (Å²) < 4.78 is 0. The third kappa shape index (κ3) is 7.17. The Bertz CT molecular complexity index is 263. The van der Waals surface area contributed by atoms with Crippen molar-refractivity contribution in [3.05, 3.63) is 0 Å². The summed E-state index contributed by atoms with van der Waals surface area (Å²) in [5, 5.41) is 6.59. The zero-order valence-electron chi connectivity index (χ0n) is 12.9. The van der Waals surface area contributed by atoms with Gasteiger partial charge in [0, 0.05) is 12.0 Å². The van der Waals surface area contributed by atoms with Crippen molar-refractivity contribution < 1.29 is 4.79 Å². The molecule has 1 aliphatic rings. The molecule has 0 radical (unpaired) electrons. The van der Waals surface area contributed by atoms with Gasteiger partial charge in [-0.25, -0.2) is 0 Å². The van der Waals surface area contributed by atoms with Gasteiger partial charge in [-0.3, -0.25) is 4.79 Å². The highest BCUT2D eigenvalue weighted by molar-refractivity contribution is 5.85. The third-order valence-corrected chi connectivity index (χ3v) is 4.00. The Morgan fingerprint density at radius 1 is 1.47 bits per heavy atom. The molecule has 0 aromatic rings. The van der Waals surface area contributed by atoms with E-state index >= 15 is 0 Å². The lowest BCUT2D eigenvalue weighted by Crippen LogP contribution is -2.44. The van der Waals surface area contributed by atoms with Crippen molar-refractivity contribution in [2.24, 2.45) is 11.8 Å². The summed E-state index contributed by atoms with van der Waals surface area (Å²) in [6, 6.07) is 0. The molecule has 2 unspecified atom stereocenters. The zero-order valence-corrected chi connectivity index (χ0v) is 13.7. The normalized spacial score (nSPS) is 21.4. The quantitative estimate of drug-likeness (QED) is 0.789. The van der Waals surface area contributed by atoms with Gasteiger partial charge in [-0.15, -0.1) is 12.4 Å². The molecule has 3 nitrogen and oxygen atoms in total. The van der Waals surface area contributed by atoms with Gasteiger partial charge in [0.05, 0.1) is 0 Å². The van der Waals surface area contributed by atoms with E-state index in [2.05, 4.69) is 38.3 Å². The summed E-state index contributed by atoms with van der Waals surface area (Å²) in [7, 11) is 0. The van der Waals surface area contributed by atoms with Crippen LogP contribution in [0.25, 0.3) is 0 Å². The van der Waals surface area contributed by atoms with Crippen LogP contribution in [0.2, 0.25) is 0 Å². The van der Waals surface area contributed by atoms with E-state index in [1.54, 1.807) is 0 Å². The van der Waals surface area contributed by atoms with Crippen LogP contribution in [0.15, 0.2) is 0 Å². The smallest absolute Gasteiger partial charge is 0.220 e. The number of rotatable bonds is 6. The second-order valence-corrected chi connectivity index (χ2v) is 6.47. The van der Waals surface area contributed by atoms with Gasteiger partial charge in [0.2, 0.25) is 5.91 Å². The van der Waals surface area contributed by atoms with Gasteiger partial charge in [-0.1, -0.05) is 20.3 Å². The largest absolute Gasteiger partial charge is 0.351 e. The van der Waals surface area contributed by atoms with Gasteiger partial charge in [-0.05, 0) is 58.0 Å². The molecule has 0 spiro atoms. The van der Waals surface area contributed by atoms with Crippen LogP contribution in [0.4, 0.5) is 0 Å². The Balaban J connectivity index is 0.00000324. The molecule has 2 N–H and O–H groups in total. The lowest BCUT2D eigenvalue weighted by Gasteiger charge is -2.30. The molecule has 0 aliphatic carbocycles. The third-order valence-electron chi connectivity index (χ3n) is 4.00. The van der Waals surface area contributed by atoms with Gasteiger partial charge >= 0.3 is 0 Å². The highest BCUT2D eigenvalue weighted by atomic mass is 35.5. The van der Waals surface area contributed by atoms with Gasteiger partial charge in [-0.2, -0.15) is 0 Å². The summed E-state index contributed by atoms with van der Waals surface area (Å²) in [5.41, 5.74) is -0.0592. The van der Waals surface area contributed by atoms with Crippen LogP contribution in [0.1, 0.15) is 59.8 Å². The van der Waals surface area contributed by atoms with E-state index in [1.165, 1.54) is 12.8 Å². The number of hydrogen-bond acceptors (Lipinski definition) is 2. The molecule has 2 atom stereocenters. The zero-order chi connectivity index (χ0) is 13.6. The maximum absolute atomic E-state index is 12.1. The van der Waals surface area contributed by atoms with Crippen LogP contribution in [-0.2, 0) is 4.79 Å². The van der Waals surface area contributed by atoms with Crippen LogP contribution in [-0.4, -0.2) is 24.5 Å². The highest BCUT2D eigenvalue weighted by Crippen LogP contribution is 2.23. The average Bonchev–Trinajstić information content (AvgIpc) is 2.28. The molecule has 0 aromatic carbocycles. The Morgan fingerprint density at radius 3 is 2.68 bits per heavy atom. The van der Waals surface area contributed by atoms with Crippen LogP contribution in [0, 0.1) is 11.8 Å². The van der Waals surface area contributed by atoms with E-state index in [0.29, 0.717) is 18.3 Å². The second-order valence-electron chi connectivity index (χ2n) is 6.47. The van der Waals surface area contributed by atoms with Crippen LogP contribution >= 0.6 is 12.4 Å². The maximum Gasteiger partial charge on any atom is 0.220 e. The van der Waals surface area contributed by atoms with Gasteiger partial charge in [0.25, 0.3) is 0 Å². The molecule has 1 rings (SSSR count). The predicted molar refractivity (Wildman–Crippen MR) is 83.8 cm³/mol. The minimum absolute atomic E-state index is 0.